The Morgan fingerprint density at radius 1 is 1.08 bits per heavy atom. The van der Waals surface area contributed by atoms with Gasteiger partial charge in [-0.1, -0.05) is 24.3 Å². The number of aromatic nitrogens is 1. The second-order valence-electron chi connectivity index (χ2n) is 5.62. The van der Waals surface area contributed by atoms with Crippen molar-refractivity contribution in [3.8, 4) is 0 Å². The Balaban J connectivity index is 1.60. The zero-order valence-electron chi connectivity index (χ0n) is 12.7. The molecule has 4 rings (SSSR count). The maximum atomic E-state index is 12.6. The van der Waals surface area contributed by atoms with Crippen molar-refractivity contribution in [1.82, 2.24) is 4.98 Å². The van der Waals surface area contributed by atoms with E-state index in [1.165, 1.54) is 0 Å². The highest BCUT2D eigenvalue weighted by molar-refractivity contribution is 6.04. The Morgan fingerprint density at radius 3 is 2.88 bits per heavy atom. The second-order valence-corrected chi connectivity index (χ2v) is 5.62. The standard InChI is InChI=1S/C19H14N2O3/c22-18(17-11-12-5-1-2-6-13(12)19(23)24-17)21-16-9-3-8-15-14(16)7-4-10-20-15/h1-10,17H,11H2,(H,21,22). The number of nitrogens with one attached hydrogen (secondary N) is 1. The van der Waals surface area contributed by atoms with Crippen LogP contribution < -0.4 is 5.32 Å². The average Bonchev–Trinajstić information content (AvgIpc) is 2.62. The van der Waals surface area contributed by atoms with Gasteiger partial charge in [-0.2, -0.15) is 0 Å². The van der Waals surface area contributed by atoms with Crippen LogP contribution in [0.3, 0.4) is 0 Å². The van der Waals surface area contributed by atoms with E-state index in [1.54, 1.807) is 24.4 Å². The monoisotopic (exact) mass is 318 g/mol. The highest BCUT2D eigenvalue weighted by Gasteiger charge is 2.31. The summed E-state index contributed by atoms with van der Waals surface area (Å²) in [6.45, 7) is 0. The van der Waals surface area contributed by atoms with Gasteiger partial charge in [-0.15, -0.1) is 0 Å². The summed E-state index contributed by atoms with van der Waals surface area (Å²) in [5.74, 6) is -0.800. The van der Waals surface area contributed by atoms with Crippen LogP contribution in [0.2, 0.25) is 0 Å². The number of hydrogen-bond donors (Lipinski definition) is 1. The summed E-state index contributed by atoms with van der Waals surface area (Å²) < 4.78 is 5.29. The number of ether oxygens (including phenoxy) is 1. The lowest BCUT2D eigenvalue weighted by molar-refractivity contribution is -0.125. The van der Waals surface area contributed by atoms with Crippen molar-refractivity contribution in [3.05, 3.63) is 71.9 Å². The van der Waals surface area contributed by atoms with Crippen molar-refractivity contribution in [1.29, 1.82) is 0 Å². The predicted molar refractivity (Wildman–Crippen MR) is 89.7 cm³/mol. The first-order chi connectivity index (χ1) is 11.7. The van der Waals surface area contributed by atoms with Gasteiger partial charge in [-0.25, -0.2) is 4.79 Å². The van der Waals surface area contributed by atoms with E-state index >= 15 is 0 Å². The van der Waals surface area contributed by atoms with Crippen LogP contribution in [0.25, 0.3) is 10.9 Å². The predicted octanol–water partition coefficient (Wildman–Crippen LogP) is 2.96. The number of carbonyl (C=O) groups is 2. The largest absolute Gasteiger partial charge is 0.448 e. The van der Waals surface area contributed by atoms with E-state index in [1.807, 2.05) is 36.4 Å². The molecule has 1 aliphatic heterocycles. The zero-order valence-corrected chi connectivity index (χ0v) is 12.7. The fraction of sp³-hybridized carbons (Fsp3) is 0.105. The maximum Gasteiger partial charge on any atom is 0.339 e. The fourth-order valence-electron chi connectivity index (χ4n) is 2.90. The molecule has 1 aromatic heterocycles. The van der Waals surface area contributed by atoms with E-state index in [0.29, 0.717) is 17.7 Å². The van der Waals surface area contributed by atoms with E-state index in [0.717, 1.165) is 16.5 Å². The van der Waals surface area contributed by atoms with Crippen LogP contribution in [-0.4, -0.2) is 23.0 Å². The molecule has 0 radical (unpaired) electrons. The molecule has 1 unspecified atom stereocenters. The van der Waals surface area contributed by atoms with Crippen LogP contribution in [0.15, 0.2) is 60.8 Å². The summed E-state index contributed by atoms with van der Waals surface area (Å²) in [6.07, 6.45) is 1.24. The van der Waals surface area contributed by atoms with E-state index < -0.39 is 12.1 Å². The third kappa shape index (κ3) is 2.50. The number of hydrogen-bond acceptors (Lipinski definition) is 4. The lowest BCUT2D eigenvalue weighted by Crippen LogP contribution is -2.38. The van der Waals surface area contributed by atoms with E-state index in [9.17, 15) is 9.59 Å². The molecule has 0 saturated heterocycles. The van der Waals surface area contributed by atoms with Crippen LogP contribution >= 0.6 is 0 Å². The number of nitrogens with zero attached hydrogens (tertiary/aromatic N) is 1. The molecule has 0 saturated carbocycles. The van der Waals surface area contributed by atoms with Crippen molar-refractivity contribution in [2.75, 3.05) is 5.32 Å². The van der Waals surface area contributed by atoms with Crippen molar-refractivity contribution >= 4 is 28.5 Å². The molecule has 2 heterocycles. The number of fused-ring (bicyclic) bond motifs is 2. The van der Waals surface area contributed by atoms with Crippen LogP contribution in [0, 0.1) is 0 Å². The minimum absolute atomic E-state index is 0.339. The molecule has 1 atom stereocenters. The number of esters is 1. The Hall–Kier alpha value is -3.21. The number of anilines is 1. The van der Waals surface area contributed by atoms with Crippen LogP contribution in [0.5, 0.6) is 0 Å². The highest BCUT2D eigenvalue weighted by Crippen LogP contribution is 2.24. The molecular weight excluding hydrogens is 304 g/mol. The van der Waals surface area contributed by atoms with Gasteiger partial charge in [0.1, 0.15) is 0 Å². The molecule has 3 aromatic rings. The molecule has 0 bridgehead atoms. The van der Waals surface area contributed by atoms with Crippen molar-refractivity contribution < 1.29 is 14.3 Å². The number of cyclic esters (lactones) is 1. The van der Waals surface area contributed by atoms with Gasteiger partial charge in [-0.3, -0.25) is 9.78 Å². The summed E-state index contributed by atoms with van der Waals surface area (Å²) in [5, 5.41) is 3.69. The molecule has 0 spiro atoms. The normalized spacial score (nSPS) is 16.3. The molecule has 1 N–H and O–H groups in total. The van der Waals surface area contributed by atoms with Crippen LogP contribution in [-0.2, 0) is 16.0 Å². The number of benzene rings is 2. The first kappa shape index (κ1) is 14.4. The van der Waals surface area contributed by atoms with Crippen LogP contribution in [0.1, 0.15) is 15.9 Å². The summed E-state index contributed by atoms with van der Waals surface area (Å²) in [5.41, 5.74) is 2.80. The van der Waals surface area contributed by atoms with Gasteiger partial charge in [-0.05, 0) is 35.9 Å². The van der Waals surface area contributed by atoms with E-state index in [-0.39, 0.29) is 5.91 Å². The Morgan fingerprint density at radius 2 is 1.96 bits per heavy atom. The van der Waals surface area contributed by atoms with Gasteiger partial charge in [0.2, 0.25) is 0 Å². The van der Waals surface area contributed by atoms with E-state index in [4.69, 9.17) is 4.74 Å². The summed E-state index contributed by atoms with van der Waals surface area (Å²) >= 11 is 0. The lowest BCUT2D eigenvalue weighted by Gasteiger charge is -2.24. The quantitative estimate of drug-likeness (QED) is 0.738. The molecule has 2 aromatic carbocycles. The smallest absolute Gasteiger partial charge is 0.339 e. The van der Waals surface area contributed by atoms with Gasteiger partial charge in [0.25, 0.3) is 5.91 Å². The fourth-order valence-corrected chi connectivity index (χ4v) is 2.90. The first-order valence-electron chi connectivity index (χ1n) is 7.66. The van der Waals surface area contributed by atoms with E-state index in [2.05, 4.69) is 10.3 Å². The third-order valence-electron chi connectivity index (χ3n) is 4.09. The number of rotatable bonds is 2. The Labute approximate surface area is 138 Å². The Kier molecular flexibility index (Phi) is 3.46. The molecule has 118 valence electrons. The lowest BCUT2D eigenvalue weighted by atomic mass is 9.98. The number of amides is 1. The van der Waals surface area contributed by atoms with Gasteiger partial charge in [0, 0.05) is 18.0 Å². The van der Waals surface area contributed by atoms with Crippen molar-refractivity contribution in [3.63, 3.8) is 0 Å². The minimum atomic E-state index is -0.834. The molecule has 5 heteroatoms. The first-order valence-corrected chi connectivity index (χ1v) is 7.66. The second kappa shape index (κ2) is 5.77. The molecule has 1 amide bonds. The van der Waals surface area contributed by atoms with Gasteiger partial charge >= 0.3 is 5.97 Å². The molecule has 24 heavy (non-hydrogen) atoms. The maximum absolute atomic E-state index is 12.6. The molecule has 5 nitrogen and oxygen atoms in total. The SMILES string of the molecule is O=C1OC(C(=O)Nc2cccc3ncccc23)Cc2ccccc21. The topological polar surface area (TPSA) is 68.3 Å². The molecule has 1 aliphatic rings. The zero-order chi connectivity index (χ0) is 16.5. The van der Waals surface area contributed by atoms with Crippen molar-refractivity contribution in [2.24, 2.45) is 0 Å². The Bertz CT molecular complexity index is 947. The van der Waals surface area contributed by atoms with Gasteiger partial charge in [0.05, 0.1) is 16.8 Å². The summed E-state index contributed by atoms with van der Waals surface area (Å²) in [4.78, 5) is 28.9. The summed E-state index contributed by atoms with van der Waals surface area (Å²) in [7, 11) is 0. The number of carbonyl (C=O) groups excluding carboxylic acids is 2. The molecular formula is C19H14N2O3. The molecule has 0 aliphatic carbocycles. The van der Waals surface area contributed by atoms with Gasteiger partial charge < -0.3 is 10.1 Å². The minimum Gasteiger partial charge on any atom is -0.448 e. The van der Waals surface area contributed by atoms with Crippen molar-refractivity contribution in [2.45, 2.75) is 12.5 Å². The van der Waals surface area contributed by atoms with Gasteiger partial charge in [0.15, 0.2) is 6.10 Å². The number of pyridine rings is 1. The highest BCUT2D eigenvalue weighted by atomic mass is 16.5. The van der Waals surface area contributed by atoms with Crippen LogP contribution in [0.4, 0.5) is 5.69 Å². The summed E-state index contributed by atoms with van der Waals surface area (Å²) in [6, 6.07) is 16.4. The average molecular weight is 318 g/mol. The molecule has 0 fully saturated rings. The third-order valence-corrected chi connectivity index (χ3v) is 4.09.